The van der Waals surface area contributed by atoms with Gasteiger partial charge in [-0.05, 0) is 36.8 Å². The zero-order valence-corrected chi connectivity index (χ0v) is 15.6. The van der Waals surface area contributed by atoms with E-state index in [0.29, 0.717) is 13.2 Å². The molecule has 1 aliphatic rings. The van der Waals surface area contributed by atoms with Gasteiger partial charge < -0.3 is 0 Å². The van der Waals surface area contributed by atoms with E-state index in [0.717, 1.165) is 20.1 Å². The molecule has 0 aromatic heterocycles. The molecule has 3 rings (SSSR count). The molecule has 0 spiro atoms. The largest absolute Gasteiger partial charge is 0.283 e. The van der Waals surface area contributed by atoms with E-state index < -0.39 is 10.0 Å². The Balaban J connectivity index is 1.68. The zero-order chi connectivity index (χ0) is 17.2. The van der Waals surface area contributed by atoms with E-state index in [-0.39, 0.29) is 10.8 Å². The van der Waals surface area contributed by atoms with Gasteiger partial charge in [0.2, 0.25) is 0 Å². The van der Waals surface area contributed by atoms with Gasteiger partial charge in [0.15, 0.2) is 0 Å². The Bertz CT molecular complexity index is 830. The molecule has 6 heteroatoms. The molecule has 2 aromatic carbocycles. The SMILES string of the molecule is Cc1ccc(S(=O)(=O)N2CC(/C=C/c3ccc(Br)cc3)CO2)cc1. The topological polar surface area (TPSA) is 46.6 Å². The van der Waals surface area contributed by atoms with Gasteiger partial charge in [-0.15, -0.1) is 0 Å². The summed E-state index contributed by atoms with van der Waals surface area (Å²) in [4.78, 5) is 5.66. The summed E-state index contributed by atoms with van der Waals surface area (Å²) in [5.41, 5.74) is 2.09. The smallest absolute Gasteiger partial charge is 0.265 e. The lowest BCUT2D eigenvalue weighted by atomic mass is 10.1. The molecule has 0 N–H and O–H groups in total. The van der Waals surface area contributed by atoms with Gasteiger partial charge in [-0.25, -0.2) is 8.42 Å². The van der Waals surface area contributed by atoms with Gasteiger partial charge in [-0.1, -0.05) is 62.4 Å². The average Bonchev–Trinajstić information content (AvgIpc) is 3.04. The molecule has 0 amide bonds. The molecule has 4 nitrogen and oxygen atoms in total. The Morgan fingerprint density at radius 1 is 1.12 bits per heavy atom. The van der Waals surface area contributed by atoms with Gasteiger partial charge in [-0.2, -0.15) is 0 Å². The molecule has 1 unspecified atom stereocenters. The normalized spacial score (nSPS) is 19.2. The lowest BCUT2D eigenvalue weighted by molar-refractivity contribution is -0.0291. The molecule has 0 bridgehead atoms. The molecule has 1 fully saturated rings. The molecular formula is C18H18BrNO3S. The summed E-state index contributed by atoms with van der Waals surface area (Å²) in [6.45, 7) is 2.60. The lowest BCUT2D eigenvalue weighted by Crippen LogP contribution is -2.27. The quantitative estimate of drug-likeness (QED) is 0.768. The Morgan fingerprint density at radius 2 is 1.79 bits per heavy atom. The van der Waals surface area contributed by atoms with Crippen LogP contribution in [0.4, 0.5) is 0 Å². The van der Waals surface area contributed by atoms with Crippen molar-refractivity contribution in [2.75, 3.05) is 13.2 Å². The molecule has 24 heavy (non-hydrogen) atoms. The van der Waals surface area contributed by atoms with E-state index in [1.807, 2.05) is 43.3 Å². The van der Waals surface area contributed by atoms with Crippen LogP contribution in [0.25, 0.3) is 6.08 Å². The second-order valence-corrected chi connectivity index (χ2v) is 8.51. The third kappa shape index (κ3) is 3.95. The van der Waals surface area contributed by atoms with Crippen molar-refractivity contribution in [3.8, 4) is 0 Å². The van der Waals surface area contributed by atoms with E-state index in [9.17, 15) is 8.42 Å². The first-order chi connectivity index (χ1) is 11.4. The van der Waals surface area contributed by atoms with Crippen molar-refractivity contribution in [1.82, 2.24) is 4.47 Å². The van der Waals surface area contributed by atoms with Crippen molar-refractivity contribution < 1.29 is 13.3 Å². The lowest BCUT2D eigenvalue weighted by Gasteiger charge is -2.14. The van der Waals surface area contributed by atoms with Gasteiger partial charge in [-0.3, -0.25) is 4.84 Å². The van der Waals surface area contributed by atoms with Crippen LogP contribution >= 0.6 is 15.9 Å². The van der Waals surface area contributed by atoms with Crippen molar-refractivity contribution in [2.24, 2.45) is 5.92 Å². The maximum absolute atomic E-state index is 12.6. The van der Waals surface area contributed by atoms with Gasteiger partial charge >= 0.3 is 0 Å². The summed E-state index contributed by atoms with van der Waals surface area (Å²) >= 11 is 3.40. The van der Waals surface area contributed by atoms with Crippen LogP contribution in [0.3, 0.4) is 0 Å². The number of hydrogen-bond donors (Lipinski definition) is 0. The van der Waals surface area contributed by atoms with Crippen molar-refractivity contribution in [3.63, 3.8) is 0 Å². The third-order valence-electron chi connectivity index (χ3n) is 3.83. The van der Waals surface area contributed by atoms with Crippen LogP contribution in [0, 0.1) is 12.8 Å². The highest BCUT2D eigenvalue weighted by molar-refractivity contribution is 9.10. The number of hydroxylamine groups is 1. The minimum atomic E-state index is -3.61. The molecule has 2 aromatic rings. The standard InChI is InChI=1S/C18H18BrNO3S/c1-14-2-10-18(11-3-14)24(21,22)20-12-16(13-23-20)5-4-15-6-8-17(19)9-7-15/h2-11,16H,12-13H2,1H3/b5-4+. The second-order valence-electron chi connectivity index (χ2n) is 5.77. The fourth-order valence-electron chi connectivity index (χ4n) is 2.41. The summed E-state index contributed by atoms with van der Waals surface area (Å²) in [6.07, 6.45) is 3.98. The Kier molecular flexibility index (Phi) is 5.20. The van der Waals surface area contributed by atoms with Gasteiger partial charge in [0, 0.05) is 16.9 Å². The predicted molar refractivity (Wildman–Crippen MR) is 97.7 cm³/mol. The van der Waals surface area contributed by atoms with Crippen LogP contribution in [0.5, 0.6) is 0 Å². The van der Waals surface area contributed by atoms with E-state index in [1.54, 1.807) is 24.3 Å². The third-order valence-corrected chi connectivity index (χ3v) is 6.02. The molecule has 126 valence electrons. The summed E-state index contributed by atoms with van der Waals surface area (Å²) in [5, 5.41) is 0. The number of aryl methyl sites for hydroxylation is 1. The fourth-order valence-corrected chi connectivity index (χ4v) is 3.98. The highest BCUT2D eigenvalue weighted by Crippen LogP contribution is 2.24. The number of sulfonamides is 1. The van der Waals surface area contributed by atoms with Gasteiger partial charge in [0.05, 0.1) is 11.5 Å². The molecular weight excluding hydrogens is 390 g/mol. The summed E-state index contributed by atoms with van der Waals surface area (Å²) in [5.74, 6) is 0.0360. The van der Waals surface area contributed by atoms with Crippen molar-refractivity contribution in [3.05, 3.63) is 70.2 Å². The van der Waals surface area contributed by atoms with Crippen LogP contribution < -0.4 is 0 Å². The van der Waals surface area contributed by atoms with Crippen LogP contribution in [-0.4, -0.2) is 26.0 Å². The number of rotatable bonds is 4. The number of halogens is 1. The first-order valence-electron chi connectivity index (χ1n) is 7.61. The van der Waals surface area contributed by atoms with Crippen molar-refractivity contribution in [1.29, 1.82) is 0 Å². The average molecular weight is 408 g/mol. The molecule has 1 heterocycles. The predicted octanol–water partition coefficient (Wildman–Crippen LogP) is 4.02. The van der Waals surface area contributed by atoms with Gasteiger partial charge in [0.1, 0.15) is 0 Å². The van der Waals surface area contributed by atoms with E-state index in [1.165, 1.54) is 0 Å². The minimum Gasteiger partial charge on any atom is -0.283 e. The monoisotopic (exact) mass is 407 g/mol. The molecule has 1 atom stereocenters. The highest BCUT2D eigenvalue weighted by Gasteiger charge is 2.33. The van der Waals surface area contributed by atoms with E-state index >= 15 is 0 Å². The second kappa shape index (κ2) is 7.19. The van der Waals surface area contributed by atoms with E-state index in [2.05, 4.69) is 15.9 Å². The first-order valence-corrected chi connectivity index (χ1v) is 9.84. The molecule has 1 aliphatic heterocycles. The Morgan fingerprint density at radius 3 is 2.46 bits per heavy atom. The Hall–Kier alpha value is -1.47. The molecule has 0 aliphatic carbocycles. The van der Waals surface area contributed by atoms with Crippen molar-refractivity contribution in [2.45, 2.75) is 11.8 Å². The minimum absolute atomic E-state index is 0.0360. The highest BCUT2D eigenvalue weighted by atomic mass is 79.9. The van der Waals surface area contributed by atoms with Crippen LogP contribution in [-0.2, 0) is 14.9 Å². The number of benzene rings is 2. The van der Waals surface area contributed by atoms with E-state index in [4.69, 9.17) is 4.84 Å². The van der Waals surface area contributed by atoms with Crippen molar-refractivity contribution >= 4 is 32.0 Å². The molecule has 0 saturated carbocycles. The summed E-state index contributed by atoms with van der Waals surface area (Å²) in [6, 6.07) is 14.7. The summed E-state index contributed by atoms with van der Waals surface area (Å²) < 4.78 is 27.3. The maximum atomic E-state index is 12.6. The molecule has 0 radical (unpaired) electrons. The molecule has 1 saturated heterocycles. The fraction of sp³-hybridized carbons (Fsp3) is 0.222. The summed E-state index contributed by atoms with van der Waals surface area (Å²) in [7, 11) is -3.61. The first kappa shape index (κ1) is 17.4. The zero-order valence-electron chi connectivity index (χ0n) is 13.2. The maximum Gasteiger partial charge on any atom is 0.265 e. The van der Waals surface area contributed by atoms with Crippen LogP contribution in [0.15, 0.2) is 64.0 Å². The Labute approximate surface area is 150 Å². The van der Waals surface area contributed by atoms with Gasteiger partial charge in [0.25, 0.3) is 10.0 Å². The number of hydrogen-bond acceptors (Lipinski definition) is 3. The number of nitrogens with zero attached hydrogens (tertiary/aromatic N) is 1. The van der Waals surface area contributed by atoms with Crippen LogP contribution in [0.1, 0.15) is 11.1 Å². The van der Waals surface area contributed by atoms with Crippen LogP contribution in [0.2, 0.25) is 0 Å².